The number of ether oxygens (including phenoxy) is 1. The standard InChI is InChI=1S/C55H99NO5/c1-4-7-10-13-16-19-21-23-25-27-29-31-33-36-39-42-45-48-55(60)61-51(46-43-40-37-35-32-30-28-26-24-22-20-17-14-11-8-5-2)49-54(59)56-52(50-57)53(58)47-44-41-38-34-18-15-12-9-6-3/h7,10,16,19,23,25,29,31,36,39,51-53,57-58H,4-6,8-9,11-15,17-18,20-22,24,26-28,30,32-35,37-38,40-50H2,1-3H3,(H,56,59)/b10-7-,19-16-,25-23-,31-29-,39-36-. The summed E-state index contributed by atoms with van der Waals surface area (Å²) in [6, 6.07) is -0.711. The number of carbonyl (C=O) groups excluding carboxylic acids is 2. The van der Waals surface area contributed by atoms with E-state index in [0.29, 0.717) is 25.7 Å². The Morgan fingerprint density at radius 1 is 0.492 bits per heavy atom. The van der Waals surface area contributed by atoms with Crippen molar-refractivity contribution >= 4 is 11.9 Å². The molecule has 0 rings (SSSR count). The lowest BCUT2D eigenvalue weighted by Gasteiger charge is -2.24. The molecule has 0 spiro atoms. The van der Waals surface area contributed by atoms with E-state index in [2.05, 4.69) is 86.8 Å². The van der Waals surface area contributed by atoms with Gasteiger partial charge in [-0.15, -0.1) is 0 Å². The van der Waals surface area contributed by atoms with Gasteiger partial charge in [-0.3, -0.25) is 9.59 Å². The minimum absolute atomic E-state index is 0.0561. The van der Waals surface area contributed by atoms with Crippen LogP contribution in [0.3, 0.4) is 0 Å². The summed E-state index contributed by atoms with van der Waals surface area (Å²) in [7, 11) is 0. The van der Waals surface area contributed by atoms with Crippen LogP contribution >= 0.6 is 0 Å². The van der Waals surface area contributed by atoms with Crippen molar-refractivity contribution in [2.45, 2.75) is 270 Å². The van der Waals surface area contributed by atoms with E-state index in [1.807, 2.05) is 0 Å². The summed E-state index contributed by atoms with van der Waals surface area (Å²) >= 11 is 0. The van der Waals surface area contributed by atoms with Crippen molar-refractivity contribution in [1.29, 1.82) is 0 Å². The molecular formula is C55H99NO5. The van der Waals surface area contributed by atoms with Gasteiger partial charge in [-0.1, -0.05) is 236 Å². The molecule has 61 heavy (non-hydrogen) atoms. The summed E-state index contributed by atoms with van der Waals surface area (Å²) in [5.74, 6) is -0.538. The van der Waals surface area contributed by atoms with Gasteiger partial charge < -0.3 is 20.3 Å². The molecule has 0 aliphatic carbocycles. The Labute approximate surface area is 378 Å². The van der Waals surface area contributed by atoms with E-state index in [-0.39, 0.29) is 24.9 Å². The second-order valence-electron chi connectivity index (χ2n) is 17.5. The third kappa shape index (κ3) is 44.0. The van der Waals surface area contributed by atoms with Gasteiger partial charge in [-0.2, -0.15) is 0 Å². The molecule has 1 amide bonds. The van der Waals surface area contributed by atoms with E-state index in [9.17, 15) is 19.8 Å². The highest BCUT2D eigenvalue weighted by Crippen LogP contribution is 2.18. The van der Waals surface area contributed by atoms with Crippen molar-refractivity contribution in [3.05, 3.63) is 60.8 Å². The molecule has 6 heteroatoms. The number of aliphatic hydroxyl groups excluding tert-OH is 2. The SMILES string of the molecule is CC/C=C\C/C=C\C/C=C\C/C=C\C/C=C\CCCC(=O)OC(CCCCCCCCCCCCCCCCCC)CC(=O)NC(CO)C(O)CCCCCCCCCCC. The van der Waals surface area contributed by atoms with Crippen LogP contribution in [0.4, 0.5) is 0 Å². The highest BCUT2D eigenvalue weighted by atomic mass is 16.5. The molecule has 0 aliphatic heterocycles. The molecular weight excluding hydrogens is 755 g/mol. The average Bonchev–Trinajstić information content (AvgIpc) is 3.25. The Kier molecular flexibility index (Phi) is 46.6. The number of nitrogens with one attached hydrogen (secondary N) is 1. The Hall–Kier alpha value is -2.44. The first-order chi connectivity index (χ1) is 30.0. The van der Waals surface area contributed by atoms with Crippen molar-refractivity contribution in [2.24, 2.45) is 0 Å². The first-order valence-corrected chi connectivity index (χ1v) is 26.0. The van der Waals surface area contributed by atoms with Crippen molar-refractivity contribution in [3.63, 3.8) is 0 Å². The Morgan fingerprint density at radius 3 is 1.28 bits per heavy atom. The first-order valence-electron chi connectivity index (χ1n) is 26.0. The van der Waals surface area contributed by atoms with Crippen LogP contribution in [0, 0.1) is 0 Å². The van der Waals surface area contributed by atoms with Gasteiger partial charge in [-0.05, 0) is 64.2 Å². The summed E-state index contributed by atoms with van der Waals surface area (Å²) in [5, 5.41) is 23.7. The largest absolute Gasteiger partial charge is 0.462 e. The molecule has 0 saturated carbocycles. The fourth-order valence-electron chi connectivity index (χ4n) is 7.70. The molecule has 354 valence electrons. The minimum Gasteiger partial charge on any atom is -0.462 e. The Balaban J connectivity index is 4.65. The number of rotatable bonds is 46. The third-order valence-electron chi connectivity index (χ3n) is 11.6. The lowest BCUT2D eigenvalue weighted by Crippen LogP contribution is -2.46. The smallest absolute Gasteiger partial charge is 0.306 e. The lowest BCUT2D eigenvalue weighted by atomic mass is 10.0. The van der Waals surface area contributed by atoms with Crippen LogP contribution < -0.4 is 5.32 Å². The molecule has 3 unspecified atom stereocenters. The van der Waals surface area contributed by atoms with Gasteiger partial charge in [0.25, 0.3) is 0 Å². The van der Waals surface area contributed by atoms with Crippen molar-refractivity contribution in [3.8, 4) is 0 Å². The van der Waals surface area contributed by atoms with Crippen LogP contribution in [-0.4, -0.2) is 46.9 Å². The van der Waals surface area contributed by atoms with Gasteiger partial charge in [0.05, 0.1) is 25.2 Å². The molecule has 3 N–H and O–H groups in total. The van der Waals surface area contributed by atoms with Crippen LogP contribution in [0.5, 0.6) is 0 Å². The molecule has 0 aromatic heterocycles. The van der Waals surface area contributed by atoms with Crippen LogP contribution in [0.25, 0.3) is 0 Å². The van der Waals surface area contributed by atoms with Crippen LogP contribution in [0.15, 0.2) is 60.8 Å². The quantitative estimate of drug-likeness (QED) is 0.0322. The Bertz CT molecular complexity index is 1090. The molecule has 0 radical (unpaired) electrons. The number of hydrogen-bond acceptors (Lipinski definition) is 5. The van der Waals surface area contributed by atoms with Gasteiger partial charge >= 0.3 is 5.97 Å². The average molecular weight is 854 g/mol. The lowest BCUT2D eigenvalue weighted by molar-refractivity contribution is -0.151. The number of carbonyl (C=O) groups is 2. The van der Waals surface area contributed by atoms with E-state index in [0.717, 1.165) is 77.0 Å². The van der Waals surface area contributed by atoms with Gasteiger partial charge in [0.2, 0.25) is 5.91 Å². The van der Waals surface area contributed by atoms with Crippen molar-refractivity contribution in [2.75, 3.05) is 6.61 Å². The molecule has 3 atom stereocenters. The maximum Gasteiger partial charge on any atom is 0.306 e. The second kappa shape index (κ2) is 48.6. The number of aliphatic hydroxyl groups is 2. The number of hydrogen-bond donors (Lipinski definition) is 3. The monoisotopic (exact) mass is 854 g/mol. The number of amides is 1. The van der Waals surface area contributed by atoms with E-state index < -0.39 is 18.2 Å². The zero-order valence-electron chi connectivity index (χ0n) is 40.3. The molecule has 0 aromatic carbocycles. The normalized spacial score (nSPS) is 13.7. The van der Waals surface area contributed by atoms with E-state index in [1.54, 1.807) is 0 Å². The fraction of sp³-hybridized carbons (Fsp3) is 0.782. The van der Waals surface area contributed by atoms with E-state index in [1.165, 1.54) is 122 Å². The molecule has 0 bridgehead atoms. The number of allylic oxidation sites excluding steroid dienone is 10. The summed E-state index contributed by atoms with van der Waals surface area (Å²) < 4.78 is 5.91. The van der Waals surface area contributed by atoms with Gasteiger partial charge in [0.15, 0.2) is 0 Å². The predicted octanol–water partition coefficient (Wildman–Crippen LogP) is 15.6. The maximum absolute atomic E-state index is 13.2. The van der Waals surface area contributed by atoms with Gasteiger partial charge in [-0.25, -0.2) is 0 Å². The predicted molar refractivity (Wildman–Crippen MR) is 264 cm³/mol. The number of unbranched alkanes of at least 4 members (excludes halogenated alkanes) is 24. The van der Waals surface area contributed by atoms with Gasteiger partial charge in [0.1, 0.15) is 6.10 Å². The van der Waals surface area contributed by atoms with E-state index in [4.69, 9.17) is 4.74 Å². The molecule has 0 aliphatic rings. The minimum atomic E-state index is -0.796. The zero-order valence-corrected chi connectivity index (χ0v) is 40.3. The second-order valence-corrected chi connectivity index (χ2v) is 17.5. The molecule has 0 fully saturated rings. The van der Waals surface area contributed by atoms with Gasteiger partial charge in [0, 0.05) is 6.42 Å². The maximum atomic E-state index is 13.2. The summed E-state index contributed by atoms with van der Waals surface area (Å²) in [6.07, 6.45) is 60.0. The van der Waals surface area contributed by atoms with E-state index >= 15 is 0 Å². The van der Waals surface area contributed by atoms with Crippen molar-refractivity contribution < 1.29 is 24.5 Å². The topological polar surface area (TPSA) is 95.9 Å². The highest BCUT2D eigenvalue weighted by Gasteiger charge is 2.24. The molecule has 0 aromatic rings. The third-order valence-corrected chi connectivity index (χ3v) is 11.6. The highest BCUT2D eigenvalue weighted by molar-refractivity contribution is 5.77. The van der Waals surface area contributed by atoms with Crippen LogP contribution in [-0.2, 0) is 14.3 Å². The first kappa shape index (κ1) is 58.6. The van der Waals surface area contributed by atoms with Crippen LogP contribution in [0.2, 0.25) is 0 Å². The fourth-order valence-corrected chi connectivity index (χ4v) is 7.70. The summed E-state index contributed by atoms with van der Waals surface area (Å²) in [6.45, 7) is 6.35. The molecule has 6 nitrogen and oxygen atoms in total. The zero-order chi connectivity index (χ0) is 44.5. The Morgan fingerprint density at radius 2 is 0.869 bits per heavy atom. The number of esters is 1. The molecule has 0 saturated heterocycles. The molecule has 0 heterocycles. The summed E-state index contributed by atoms with van der Waals surface area (Å²) in [5.41, 5.74) is 0. The van der Waals surface area contributed by atoms with Crippen molar-refractivity contribution in [1.82, 2.24) is 5.32 Å². The van der Waals surface area contributed by atoms with Crippen LogP contribution in [0.1, 0.15) is 252 Å². The summed E-state index contributed by atoms with van der Waals surface area (Å²) in [4.78, 5) is 26.1.